The number of aliphatic hydroxyl groups excluding tert-OH is 2. The monoisotopic (exact) mass is 847 g/mol. The van der Waals surface area contributed by atoms with Crippen LogP contribution in [0.15, 0.2) is 12.2 Å². The Kier molecular flexibility index (Phi) is 17.9. The van der Waals surface area contributed by atoms with Gasteiger partial charge in [-0.2, -0.15) is 0 Å². The Morgan fingerprint density at radius 1 is 0.949 bits per heavy atom. The summed E-state index contributed by atoms with van der Waals surface area (Å²) in [6, 6.07) is -1.06. The molecule has 3 aliphatic rings. The number of nitrogens with zero attached hydrogens (tertiary/aromatic N) is 2. The Balaban J connectivity index is 2.25. The van der Waals surface area contributed by atoms with Gasteiger partial charge in [-0.15, -0.1) is 0 Å². The van der Waals surface area contributed by atoms with Crippen LogP contribution >= 0.6 is 0 Å². The Labute approximate surface area is 350 Å². The number of carbonyl (C=O) groups is 3. The van der Waals surface area contributed by atoms with Crippen LogP contribution < -0.4 is 0 Å². The summed E-state index contributed by atoms with van der Waals surface area (Å²) < 4.78 is 43.8. The van der Waals surface area contributed by atoms with Gasteiger partial charge in [-0.3, -0.25) is 4.79 Å². The van der Waals surface area contributed by atoms with E-state index >= 15 is 0 Å². The highest BCUT2D eigenvalue weighted by Gasteiger charge is 2.53. The number of carboxylic acid groups (broad SMARTS) is 1. The summed E-state index contributed by atoms with van der Waals surface area (Å²) in [6.45, 7) is 17.5. The summed E-state index contributed by atoms with van der Waals surface area (Å²) in [5, 5.41) is 56.2. The fourth-order valence-corrected chi connectivity index (χ4v) is 9.16. The van der Waals surface area contributed by atoms with Gasteiger partial charge in [-0.25, -0.2) is 9.59 Å². The van der Waals surface area contributed by atoms with Crippen LogP contribution in [0.3, 0.4) is 0 Å². The van der Waals surface area contributed by atoms with Crippen LogP contribution in [-0.4, -0.2) is 178 Å². The van der Waals surface area contributed by atoms with E-state index in [2.05, 4.69) is 0 Å². The molecule has 0 spiro atoms. The molecule has 0 aliphatic carbocycles. The molecule has 0 aromatic heterocycles. The van der Waals surface area contributed by atoms with Gasteiger partial charge in [0.1, 0.15) is 23.9 Å². The maximum absolute atomic E-state index is 14.4. The van der Waals surface area contributed by atoms with Crippen molar-refractivity contribution in [2.45, 2.75) is 185 Å². The fraction of sp³-hybridized carbons (Fsp3) is 0.881. The number of cyclic esters (lactones) is 1. The number of methoxy groups -OCH3 is 1. The maximum Gasteiger partial charge on any atom is 0.331 e. The average Bonchev–Trinajstić information content (AvgIpc) is 3.14. The zero-order valence-electron chi connectivity index (χ0n) is 37.6. The smallest absolute Gasteiger partial charge is 0.331 e. The summed E-state index contributed by atoms with van der Waals surface area (Å²) in [7, 11) is 6.89. The van der Waals surface area contributed by atoms with Gasteiger partial charge in [-0.05, 0) is 94.8 Å². The normalized spacial score (nSPS) is 45.1. The predicted octanol–water partition coefficient (Wildman–Crippen LogP) is 2.09. The van der Waals surface area contributed by atoms with Crippen molar-refractivity contribution >= 4 is 17.9 Å². The van der Waals surface area contributed by atoms with Crippen molar-refractivity contribution < 1.29 is 73.1 Å². The Hall–Kier alpha value is -2.29. The van der Waals surface area contributed by atoms with Crippen LogP contribution in [0.1, 0.15) is 94.9 Å². The molecular weight excluding hydrogens is 772 g/mol. The molecular formula is C42H74N2O15. The summed E-state index contributed by atoms with van der Waals surface area (Å²) >= 11 is 0. The van der Waals surface area contributed by atoms with Gasteiger partial charge in [0.2, 0.25) is 0 Å². The minimum atomic E-state index is -1.86. The fourth-order valence-electron chi connectivity index (χ4n) is 9.16. The molecule has 59 heavy (non-hydrogen) atoms. The van der Waals surface area contributed by atoms with Crippen LogP contribution in [-0.2, 0) is 47.5 Å². The second-order valence-corrected chi connectivity index (χ2v) is 18.2. The van der Waals surface area contributed by atoms with E-state index in [0.29, 0.717) is 19.0 Å². The van der Waals surface area contributed by atoms with E-state index in [9.17, 15) is 34.8 Å². The summed E-state index contributed by atoms with van der Waals surface area (Å²) in [6.07, 6.45) is -8.08. The summed E-state index contributed by atoms with van der Waals surface area (Å²) in [5.74, 6) is -5.25. The van der Waals surface area contributed by atoms with E-state index in [1.54, 1.807) is 69.6 Å². The third-order valence-electron chi connectivity index (χ3n) is 12.8. The highest BCUT2D eigenvalue weighted by molar-refractivity contribution is 5.90. The average molecular weight is 847 g/mol. The standard InChI is InChI=1S/C42H74N2O15/c1-15-29-42(10,52)35(48)26(6)44(13)21-22(2)19-40(8,51)37(59-39-34(57-31(47)17-16-30(45)46)28(43(11)12)18-23(3)54-39)24(4)33(25(5)38(50)56-29)58-32-20-41(9,53-14)36(49)27(7)55-32/h16-17,22-29,32-37,39,48-49,51-52H,15,18-21H2,1-14H3,(H,45,46)/b17-16+/t22-,23-,24+,25-,26-,27+,28+,29-,32+,33+,34-,35-,36+,37-,39+,40-,41-,42-/m1/s1. The molecule has 0 bridgehead atoms. The van der Waals surface area contributed by atoms with Crippen molar-refractivity contribution in [3.05, 3.63) is 12.2 Å². The minimum Gasteiger partial charge on any atom is -0.478 e. The molecule has 5 N–H and O–H groups in total. The highest BCUT2D eigenvalue weighted by atomic mass is 16.7. The lowest BCUT2D eigenvalue weighted by atomic mass is 9.77. The Morgan fingerprint density at radius 3 is 2.14 bits per heavy atom. The first-order valence-electron chi connectivity index (χ1n) is 20.9. The molecule has 342 valence electrons. The van der Waals surface area contributed by atoms with Crippen molar-refractivity contribution in [3.8, 4) is 0 Å². The lowest BCUT2D eigenvalue weighted by molar-refractivity contribution is -0.318. The number of likely N-dealkylation sites (N-methyl/N-ethyl adjacent to an activating group) is 2. The van der Waals surface area contributed by atoms with Gasteiger partial charge >= 0.3 is 17.9 Å². The van der Waals surface area contributed by atoms with Gasteiger partial charge in [0.25, 0.3) is 0 Å². The number of hydrogen-bond donors (Lipinski definition) is 5. The van der Waals surface area contributed by atoms with E-state index in [-0.39, 0.29) is 25.2 Å². The molecule has 0 unspecified atom stereocenters. The molecule has 17 heteroatoms. The first kappa shape index (κ1) is 51.1. The Morgan fingerprint density at radius 2 is 1.58 bits per heavy atom. The molecule has 3 saturated heterocycles. The van der Waals surface area contributed by atoms with Crippen LogP contribution in [0, 0.1) is 17.8 Å². The SMILES string of the molecule is CC[C@H]1OC(=O)[C@H](C)[C@@H](O[C@H]2C[C@@](C)(OC)[C@@H](O)[C@H](C)O2)[C@H](C)[C@@H](O[C@@H]2O[C@H](C)C[C@H](N(C)C)[C@H]2OC(=O)/C=C/C(=O)O)[C@](C)(O)C[C@@H](C)CN(C)[C@H](C)[C@@H](O)[C@]1(C)O. The van der Waals surface area contributed by atoms with Crippen LogP contribution in [0.25, 0.3) is 0 Å². The molecule has 0 saturated carbocycles. The zero-order chi connectivity index (χ0) is 44.9. The molecule has 0 amide bonds. The van der Waals surface area contributed by atoms with Crippen LogP contribution in [0.4, 0.5) is 0 Å². The van der Waals surface area contributed by atoms with Crippen LogP contribution in [0.5, 0.6) is 0 Å². The number of aliphatic hydroxyl groups is 4. The van der Waals surface area contributed by atoms with Gasteiger partial charge < -0.3 is 68.5 Å². The van der Waals surface area contributed by atoms with Gasteiger partial charge in [0, 0.05) is 44.2 Å². The van der Waals surface area contributed by atoms with Crippen molar-refractivity contribution in [2.75, 3.05) is 34.8 Å². The topological polar surface area (TPSA) is 223 Å². The maximum atomic E-state index is 14.4. The number of rotatable bonds is 10. The van der Waals surface area contributed by atoms with Crippen LogP contribution in [0.2, 0.25) is 0 Å². The molecule has 17 nitrogen and oxygen atoms in total. The van der Waals surface area contributed by atoms with Gasteiger partial charge in [0.05, 0.1) is 47.6 Å². The van der Waals surface area contributed by atoms with Crippen molar-refractivity contribution in [3.63, 3.8) is 0 Å². The second-order valence-electron chi connectivity index (χ2n) is 18.2. The van der Waals surface area contributed by atoms with Crippen molar-refractivity contribution in [2.24, 2.45) is 17.8 Å². The lowest BCUT2D eigenvalue weighted by Gasteiger charge is -2.49. The zero-order valence-corrected chi connectivity index (χ0v) is 37.6. The third kappa shape index (κ3) is 12.4. The molecule has 18 atom stereocenters. The molecule has 3 rings (SSSR count). The minimum absolute atomic E-state index is 0.0668. The second kappa shape index (κ2) is 20.7. The molecule has 0 radical (unpaired) electrons. The number of aliphatic carboxylic acids is 1. The van der Waals surface area contributed by atoms with Gasteiger partial charge in [0.15, 0.2) is 18.7 Å². The molecule has 0 aromatic carbocycles. The van der Waals surface area contributed by atoms with E-state index in [1.807, 2.05) is 23.6 Å². The van der Waals surface area contributed by atoms with Crippen molar-refractivity contribution in [1.29, 1.82) is 0 Å². The van der Waals surface area contributed by atoms with Gasteiger partial charge in [-0.1, -0.05) is 20.8 Å². The number of carboxylic acids is 1. The Bertz CT molecular complexity index is 1430. The summed E-state index contributed by atoms with van der Waals surface area (Å²) in [5.41, 5.74) is -4.64. The molecule has 0 aromatic rings. The van der Waals surface area contributed by atoms with E-state index in [0.717, 1.165) is 6.08 Å². The summed E-state index contributed by atoms with van der Waals surface area (Å²) in [4.78, 5) is 42.4. The van der Waals surface area contributed by atoms with E-state index < -0.39 is 120 Å². The molecule has 3 heterocycles. The number of ether oxygens (including phenoxy) is 7. The van der Waals surface area contributed by atoms with Crippen molar-refractivity contribution in [1.82, 2.24) is 9.80 Å². The molecule has 3 aliphatic heterocycles. The predicted molar refractivity (Wildman–Crippen MR) is 215 cm³/mol. The largest absolute Gasteiger partial charge is 0.478 e. The van der Waals surface area contributed by atoms with E-state index in [1.165, 1.54) is 14.0 Å². The number of carbonyl (C=O) groups excluding carboxylic acids is 2. The quantitative estimate of drug-likeness (QED) is 0.157. The number of hydrogen-bond acceptors (Lipinski definition) is 16. The lowest BCUT2D eigenvalue weighted by Crippen LogP contribution is -2.61. The number of esters is 2. The molecule has 3 fully saturated rings. The highest BCUT2D eigenvalue weighted by Crippen LogP contribution is 2.40. The first-order valence-corrected chi connectivity index (χ1v) is 20.9. The van der Waals surface area contributed by atoms with E-state index in [4.69, 9.17) is 38.3 Å². The third-order valence-corrected chi connectivity index (χ3v) is 12.8. The first-order chi connectivity index (χ1) is 27.2.